The topological polar surface area (TPSA) is 83.7 Å². The molecule has 0 aliphatic heterocycles. The zero-order valence-electron chi connectivity index (χ0n) is 17.9. The average Bonchev–Trinajstić information content (AvgIpc) is 3.11. The van der Waals surface area contributed by atoms with Crippen molar-refractivity contribution in [3.8, 4) is 0 Å². The molecule has 6 nitrogen and oxygen atoms in total. The number of carbonyl (C=O) groups excluding carboxylic acids is 2. The number of hydrogen-bond acceptors (Lipinski definition) is 4. The number of carbonyl (C=O) groups is 2. The molecule has 0 fully saturated rings. The van der Waals surface area contributed by atoms with E-state index in [0.29, 0.717) is 40.6 Å². The highest BCUT2D eigenvalue weighted by molar-refractivity contribution is 9.10. The molecule has 33 heavy (non-hydrogen) atoms. The van der Waals surface area contributed by atoms with Crippen LogP contribution in [0.3, 0.4) is 0 Å². The van der Waals surface area contributed by atoms with E-state index in [0.717, 1.165) is 22.0 Å². The molecule has 9 heteroatoms. The van der Waals surface area contributed by atoms with Crippen LogP contribution in [0.25, 0.3) is 0 Å². The predicted octanol–water partition coefficient (Wildman–Crippen LogP) is 6.69. The third kappa shape index (κ3) is 5.00. The number of hydrazone groups is 1. The van der Waals surface area contributed by atoms with Crippen LogP contribution >= 0.6 is 39.1 Å². The molecule has 0 saturated carbocycles. The molecule has 1 aliphatic rings. The Hall–Kier alpha value is -2.61. The Morgan fingerprint density at radius 2 is 1.85 bits per heavy atom. The fourth-order valence-corrected chi connectivity index (χ4v) is 4.84. The molecule has 4 rings (SSSR count). The smallest absolute Gasteiger partial charge is 0.291 e. The van der Waals surface area contributed by atoms with E-state index in [1.54, 1.807) is 12.1 Å². The van der Waals surface area contributed by atoms with Gasteiger partial charge in [-0.2, -0.15) is 5.10 Å². The van der Waals surface area contributed by atoms with Crippen LogP contribution in [0.1, 0.15) is 56.2 Å². The minimum Gasteiger partial charge on any atom is -0.455 e. The predicted molar refractivity (Wildman–Crippen MR) is 134 cm³/mol. The first-order valence-electron chi connectivity index (χ1n) is 10.3. The number of hydrogen-bond donors (Lipinski definition) is 2. The molecule has 0 spiro atoms. The van der Waals surface area contributed by atoms with Gasteiger partial charge in [-0.25, -0.2) is 5.43 Å². The highest BCUT2D eigenvalue weighted by Crippen LogP contribution is 2.31. The molecule has 0 radical (unpaired) electrons. The van der Waals surface area contributed by atoms with Crippen LogP contribution in [0.15, 0.2) is 50.4 Å². The van der Waals surface area contributed by atoms with Gasteiger partial charge in [0.05, 0.1) is 22.0 Å². The number of nitrogens with one attached hydrogen (secondary N) is 2. The molecule has 2 aromatic carbocycles. The van der Waals surface area contributed by atoms with Gasteiger partial charge < -0.3 is 9.73 Å². The van der Waals surface area contributed by atoms with E-state index >= 15 is 0 Å². The SMILES string of the molecule is Cc1ccc(NC(=O)c2oc3c(c2C)/C(=N/NC(=O)c2ccc(Cl)cc2Cl)CCC3)c(Br)c1. The first-order chi connectivity index (χ1) is 15.7. The highest BCUT2D eigenvalue weighted by atomic mass is 79.9. The Morgan fingerprint density at radius 1 is 1.06 bits per heavy atom. The van der Waals surface area contributed by atoms with Crippen molar-refractivity contribution in [2.24, 2.45) is 5.10 Å². The van der Waals surface area contributed by atoms with Crippen LogP contribution in [0.5, 0.6) is 0 Å². The van der Waals surface area contributed by atoms with Gasteiger partial charge in [0.15, 0.2) is 5.76 Å². The van der Waals surface area contributed by atoms with Crippen molar-refractivity contribution in [3.63, 3.8) is 0 Å². The number of aryl methyl sites for hydroxylation is 2. The molecule has 0 unspecified atom stereocenters. The molecular weight excluding hydrogens is 529 g/mol. The van der Waals surface area contributed by atoms with Gasteiger partial charge in [0.2, 0.25) is 0 Å². The second-order valence-corrected chi connectivity index (χ2v) is 9.47. The second kappa shape index (κ2) is 9.71. The lowest BCUT2D eigenvalue weighted by Crippen LogP contribution is -2.22. The summed E-state index contributed by atoms with van der Waals surface area (Å²) in [5.74, 6) is 0.126. The lowest BCUT2D eigenvalue weighted by Gasteiger charge is -2.13. The van der Waals surface area contributed by atoms with Crippen LogP contribution in [-0.2, 0) is 6.42 Å². The first kappa shape index (κ1) is 23.5. The first-order valence-corrected chi connectivity index (χ1v) is 11.8. The molecule has 0 saturated heterocycles. The maximum atomic E-state index is 13.0. The fraction of sp³-hybridized carbons (Fsp3) is 0.208. The van der Waals surface area contributed by atoms with Crippen molar-refractivity contribution in [2.45, 2.75) is 33.1 Å². The summed E-state index contributed by atoms with van der Waals surface area (Å²) in [6.07, 6.45) is 2.13. The molecule has 2 amide bonds. The molecule has 1 aromatic heterocycles. The molecule has 1 heterocycles. The van der Waals surface area contributed by atoms with Crippen molar-refractivity contribution in [2.75, 3.05) is 5.32 Å². The quantitative estimate of drug-likeness (QED) is 0.356. The maximum Gasteiger partial charge on any atom is 0.291 e. The van der Waals surface area contributed by atoms with Gasteiger partial charge in [-0.15, -0.1) is 0 Å². The minimum absolute atomic E-state index is 0.231. The Morgan fingerprint density at radius 3 is 2.58 bits per heavy atom. The van der Waals surface area contributed by atoms with Crippen LogP contribution in [0.2, 0.25) is 10.0 Å². The Kier molecular flexibility index (Phi) is 6.93. The highest BCUT2D eigenvalue weighted by Gasteiger charge is 2.28. The summed E-state index contributed by atoms with van der Waals surface area (Å²) in [6.45, 7) is 3.79. The standard InChI is InChI=1S/C24H20BrCl2N3O3/c1-12-6-9-18(16(25)10-12)28-24(32)22-13(2)21-19(4-3-5-20(21)33-22)29-30-23(31)15-8-7-14(26)11-17(15)27/h6-11H,3-5H2,1-2H3,(H,28,32)(H,30,31)/b29-19+. The van der Waals surface area contributed by atoms with Crippen LogP contribution < -0.4 is 10.7 Å². The molecular formula is C24H20BrCl2N3O3. The zero-order chi connectivity index (χ0) is 23.7. The van der Waals surface area contributed by atoms with E-state index in [4.69, 9.17) is 27.6 Å². The van der Waals surface area contributed by atoms with Crippen LogP contribution in [0.4, 0.5) is 5.69 Å². The molecule has 2 N–H and O–H groups in total. The van der Waals surface area contributed by atoms with E-state index in [9.17, 15) is 9.59 Å². The summed E-state index contributed by atoms with van der Waals surface area (Å²) in [5.41, 5.74) is 6.67. The largest absolute Gasteiger partial charge is 0.455 e. The number of rotatable bonds is 4. The summed E-state index contributed by atoms with van der Waals surface area (Å²) in [4.78, 5) is 25.5. The number of halogens is 3. The van der Waals surface area contributed by atoms with E-state index in [1.165, 1.54) is 6.07 Å². The second-order valence-electron chi connectivity index (χ2n) is 7.77. The summed E-state index contributed by atoms with van der Waals surface area (Å²) in [5, 5.41) is 7.90. The Labute approximate surface area is 209 Å². The number of benzene rings is 2. The number of amides is 2. The summed E-state index contributed by atoms with van der Waals surface area (Å²) in [6, 6.07) is 10.3. The van der Waals surface area contributed by atoms with E-state index in [1.807, 2.05) is 32.0 Å². The van der Waals surface area contributed by atoms with Crippen LogP contribution in [0, 0.1) is 13.8 Å². The molecule has 1 aliphatic carbocycles. The third-order valence-electron chi connectivity index (χ3n) is 5.37. The lowest BCUT2D eigenvalue weighted by atomic mass is 9.93. The normalized spacial score (nSPS) is 14.2. The molecule has 0 bridgehead atoms. The Balaban J connectivity index is 1.58. The summed E-state index contributed by atoms with van der Waals surface area (Å²) >= 11 is 15.5. The van der Waals surface area contributed by atoms with Gasteiger partial charge in [-0.3, -0.25) is 9.59 Å². The van der Waals surface area contributed by atoms with Gasteiger partial charge in [0, 0.05) is 27.0 Å². The molecule has 170 valence electrons. The zero-order valence-corrected chi connectivity index (χ0v) is 21.0. The van der Waals surface area contributed by atoms with Gasteiger partial charge in [-0.05, 0) is 78.5 Å². The van der Waals surface area contributed by atoms with E-state index < -0.39 is 5.91 Å². The molecule has 0 atom stereocenters. The summed E-state index contributed by atoms with van der Waals surface area (Å²) in [7, 11) is 0. The van der Waals surface area contributed by atoms with Crippen molar-refractivity contribution in [1.82, 2.24) is 5.43 Å². The third-order valence-corrected chi connectivity index (χ3v) is 6.58. The lowest BCUT2D eigenvalue weighted by molar-refractivity contribution is 0.0953. The molecule has 3 aromatic rings. The van der Waals surface area contributed by atoms with Crippen LogP contribution in [-0.4, -0.2) is 17.5 Å². The Bertz CT molecular complexity index is 1300. The minimum atomic E-state index is -0.445. The van der Waals surface area contributed by atoms with Gasteiger partial charge in [0.1, 0.15) is 5.76 Å². The van der Waals surface area contributed by atoms with E-state index in [2.05, 4.69) is 31.8 Å². The number of anilines is 1. The number of nitrogens with zero attached hydrogens (tertiary/aromatic N) is 1. The average molecular weight is 549 g/mol. The number of fused-ring (bicyclic) bond motifs is 1. The van der Waals surface area contributed by atoms with Gasteiger partial charge in [-0.1, -0.05) is 29.3 Å². The van der Waals surface area contributed by atoms with Gasteiger partial charge in [0.25, 0.3) is 11.8 Å². The fourth-order valence-electron chi connectivity index (χ4n) is 3.75. The summed E-state index contributed by atoms with van der Waals surface area (Å²) < 4.78 is 6.72. The van der Waals surface area contributed by atoms with Crippen molar-refractivity contribution in [1.29, 1.82) is 0 Å². The van der Waals surface area contributed by atoms with Crippen molar-refractivity contribution >= 4 is 62.3 Å². The van der Waals surface area contributed by atoms with Gasteiger partial charge >= 0.3 is 0 Å². The van der Waals surface area contributed by atoms with Crippen molar-refractivity contribution in [3.05, 3.63) is 84.7 Å². The monoisotopic (exact) mass is 547 g/mol. The van der Waals surface area contributed by atoms with E-state index in [-0.39, 0.29) is 22.3 Å². The van der Waals surface area contributed by atoms with Crippen molar-refractivity contribution < 1.29 is 14.0 Å². The maximum absolute atomic E-state index is 13.0. The number of furan rings is 1.